The molecule has 0 aliphatic rings. The number of hydrogen-bond donors (Lipinski definition) is 2. The number of amides is 2. The molecule has 4 rings (SSSR count). The van der Waals surface area contributed by atoms with Crippen LogP contribution >= 0.6 is 22.9 Å². The fraction of sp³-hybridized carbons (Fsp3) is 0.0870. The lowest BCUT2D eigenvalue weighted by atomic mass is 10.1. The van der Waals surface area contributed by atoms with Crippen LogP contribution in [0.4, 0.5) is 0 Å². The minimum absolute atomic E-state index is 0.154. The maximum atomic E-state index is 12.5. The number of nitrogens with zero attached hydrogens (tertiary/aromatic N) is 1. The zero-order chi connectivity index (χ0) is 20.9. The highest BCUT2D eigenvalue weighted by Crippen LogP contribution is 2.30. The number of hydrogen-bond acceptors (Lipinski definition) is 4. The molecule has 2 N–H and O–H groups in total. The number of rotatable bonds is 6. The maximum absolute atomic E-state index is 12.5. The number of aromatic nitrogens is 1. The first kappa shape index (κ1) is 20.1. The molecule has 5 nitrogen and oxygen atoms in total. The molecule has 0 aliphatic carbocycles. The van der Waals surface area contributed by atoms with Gasteiger partial charge in [-0.05, 0) is 29.3 Å². The smallest absolute Gasteiger partial charge is 0.261 e. The third kappa shape index (κ3) is 4.67. The van der Waals surface area contributed by atoms with Crippen LogP contribution in [0.3, 0.4) is 0 Å². The number of thiophene rings is 1. The summed E-state index contributed by atoms with van der Waals surface area (Å²) in [7, 11) is 0. The summed E-state index contributed by atoms with van der Waals surface area (Å²) in [5.74, 6) is -0.343. The summed E-state index contributed by atoms with van der Waals surface area (Å²) in [6.45, 7) is 0.781. The molecule has 0 aliphatic heterocycles. The monoisotopic (exact) mass is 435 g/mol. The molecule has 0 bridgehead atoms. The van der Waals surface area contributed by atoms with Gasteiger partial charge in [-0.2, -0.15) is 0 Å². The van der Waals surface area contributed by atoms with Crippen LogP contribution < -0.4 is 10.6 Å². The highest BCUT2D eigenvalue weighted by Gasteiger charge is 2.13. The second-order valence-electron chi connectivity index (χ2n) is 6.70. The largest absolute Gasteiger partial charge is 0.348 e. The molecule has 30 heavy (non-hydrogen) atoms. The lowest BCUT2D eigenvalue weighted by Gasteiger charge is -2.08. The molecule has 2 aromatic heterocycles. The van der Waals surface area contributed by atoms with Crippen LogP contribution in [0.2, 0.25) is 5.02 Å². The standard InChI is InChI=1S/C23H18ClN3O2S/c24-19-13-25-14-21-18(19)10-20(30-21)23(29)27-12-16-7-4-8-17(9-16)22(28)26-11-15-5-2-1-3-6-15/h1-10,13-14H,11-12H2,(H,26,28)(H,27,29). The minimum atomic E-state index is -0.189. The van der Waals surface area contributed by atoms with Crippen LogP contribution in [0.1, 0.15) is 31.2 Å². The normalized spacial score (nSPS) is 10.7. The second kappa shape index (κ2) is 9.07. The van der Waals surface area contributed by atoms with E-state index in [0.29, 0.717) is 28.6 Å². The van der Waals surface area contributed by atoms with E-state index in [1.165, 1.54) is 11.3 Å². The molecular formula is C23H18ClN3O2S. The van der Waals surface area contributed by atoms with Gasteiger partial charge >= 0.3 is 0 Å². The Morgan fingerprint density at radius 2 is 1.60 bits per heavy atom. The van der Waals surface area contributed by atoms with Gasteiger partial charge in [-0.1, -0.05) is 54.1 Å². The van der Waals surface area contributed by atoms with Gasteiger partial charge in [0, 0.05) is 36.4 Å². The van der Waals surface area contributed by atoms with Crippen molar-refractivity contribution in [3.8, 4) is 0 Å². The van der Waals surface area contributed by atoms with E-state index in [2.05, 4.69) is 15.6 Å². The Bertz CT molecular complexity index is 1210. The maximum Gasteiger partial charge on any atom is 0.261 e. The fourth-order valence-electron chi connectivity index (χ4n) is 3.01. The molecule has 0 saturated heterocycles. The van der Waals surface area contributed by atoms with Crippen molar-refractivity contribution in [3.05, 3.63) is 99.6 Å². The zero-order valence-electron chi connectivity index (χ0n) is 15.9. The van der Waals surface area contributed by atoms with Gasteiger partial charge in [0.15, 0.2) is 0 Å². The highest BCUT2D eigenvalue weighted by molar-refractivity contribution is 7.20. The van der Waals surface area contributed by atoms with Crippen molar-refractivity contribution < 1.29 is 9.59 Å². The molecular weight excluding hydrogens is 418 g/mol. The van der Waals surface area contributed by atoms with E-state index >= 15 is 0 Å². The summed E-state index contributed by atoms with van der Waals surface area (Å²) in [4.78, 5) is 29.6. The molecule has 0 radical (unpaired) electrons. The first-order chi connectivity index (χ1) is 14.6. The van der Waals surface area contributed by atoms with E-state index in [9.17, 15) is 9.59 Å². The topological polar surface area (TPSA) is 71.1 Å². The van der Waals surface area contributed by atoms with Crippen LogP contribution in [0.5, 0.6) is 0 Å². The molecule has 0 unspecified atom stereocenters. The van der Waals surface area contributed by atoms with E-state index in [-0.39, 0.29) is 11.8 Å². The third-order valence-electron chi connectivity index (χ3n) is 4.56. The molecule has 0 atom stereocenters. The molecule has 4 aromatic rings. The number of nitrogens with one attached hydrogen (secondary N) is 2. The number of halogens is 1. The molecule has 0 fully saturated rings. The van der Waals surface area contributed by atoms with Crippen molar-refractivity contribution >= 4 is 44.8 Å². The van der Waals surface area contributed by atoms with Gasteiger partial charge in [-0.25, -0.2) is 0 Å². The Morgan fingerprint density at radius 3 is 2.40 bits per heavy atom. The van der Waals surface area contributed by atoms with Crippen LogP contribution in [-0.2, 0) is 13.1 Å². The van der Waals surface area contributed by atoms with Crippen LogP contribution in [0, 0.1) is 0 Å². The number of fused-ring (bicyclic) bond motifs is 1. The molecule has 0 spiro atoms. The van der Waals surface area contributed by atoms with Gasteiger partial charge in [0.1, 0.15) is 0 Å². The summed E-state index contributed by atoms with van der Waals surface area (Å²) in [5.41, 5.74) is 2.43. The molecule has 0 saturated carbocycles. The fourth-order valence-corrected chi connectivity index (χ4v) is 4.25. The average Bonchev–Trinajstić information content (AvgIpc) is 3.23. The minimum Gasteiger partial charge on any atom is -0.348 e. The highest BCUT2D eigenvalue weighted by atomic mass is 35.5. The van der Waals surface area contributed by atoms with Gasteiger partial charge in [0.2, 0.25) is 0 Å². The summed E-state index contributed by atoms with van der Waals surface area (Å²) in [6.07, 6.45) is 3.26. The average molecular weight is 436 g/mol. The molecule has 2 heterocycles. The van der Waals surface area contributed by atoms with E-state index in [1.54, 1.807) is 30.6 Å². The van der Waals surface area contributed by atoms with Gasteiger partial charge in [0.05, 0.1) is 14.6 Å². The molecule has 2 aromatic carbocycles. The summed E-state index contributed by atoms with van der Waals surface area (Å²) < 4.78 is 0.865. The van der Waals surface area contributed by atoms with Crippen molar-refractivity contribution in [1.82, 2.24) is 15.6 Å². The van der Waals surface area contributed by atoms with Crippen LogP contribution in [0.25, 0.3) is 10.1 Å². The Labute approximate surface area is 182 Å². The van der Waals surface area contributed by atoms with Crippen molar-refractivity contribution in [1.29, 1.82) is 0 Å². The SMILES string of the molecule is O=C(NCc1ccccc1)c1cccc(CNC(=O)c2cc3c(Cl)cncc3s2)c1. The lowest BCUT2D eigenvalue weighted by Crippen LogP contribution is -2.24. The number of pyridine rings is 1. The quantitative estimate of drug-likeness (QED) is 0.456. The van der Waals surface area contributed by atoms with E-state index in [4.69, 9.17) is 11.6 Å². The first-order valence-electron chi connectivity index (χ1n) is 9.32. The molecule has 150 valence electrons. The third-order valence-corrected chi connectivity index (χ3v) is 5.93. The zero-order valence-corrected chi connectivity index (χ0v) is 17.5. The van der Waals surface area contributed by atoms with Crippen molar-refractivity contribution in [2.45, 2.75) is 13.1 Å². The summed E-state index contributed by atoms with van der Waals surface area (Å²) >= 11 is 7.48. The first-order valence-corrected chi connectivity index (χ1v) is 10.5. The van der Waals surface area contributed by atoms with E-state index < -0.39 is 0 Å². The Kier molecular flexibility index (Phi) is 6.07. The number of carbonyl (C=O) groups is 2. The molecule has 2 amide bonds. The second-order valence-corrected chi connectivity index (χ2v) is 8.19. The summed E-state index contributed by atoms with van der Waals surface area (Å²) in [5, 5.41) is 7.15. The van der Waals surface area contributed by atoms with E-state index in [0.717, 1.165) is 21.2 Å². The van der Waals surface area contributed by atoms with Crippen molar-refractivity contribution in [2.75, 3.05) is 0 Å². The summed E-state index contributed by atoms with van der Waals surface area (Å²) in [6, 6.07) is 18.7. The Balaban J connectivity index is 1.38. The number of benzene rings is 2. The predicted octanol–water partition coefficient (Wildman–Crippen LogP) is 4.81. The number of carbonyl (C=O) groups excluding carboxylic acids is 2. The van der Waals surface area contributed by atoms with Crippen LogP contribution in [0.15, 0.2) is 73.1 Å². The Morgan fingerprint density at radius 1 is 0.867 bits per heavy atom. The van der Waals surface area contributed by atoms with Gasteiger partial charge in [0.25, 0.3) is 11.8 Å². The van der Waals surface area contributed by atoms with Crippen molar-refractivity contribution in [3.63, 3.8) is 0 Å². The molecule has 7 heteroatoms. The van der Waals surface area contributed by atoms with Gasteiger partial charge < -0.3 is 10.6 Å². The van der Waals surface area contributed by atoms with Gasteiger partial charge in [-0.15, -0.1) is 11.3 Å². The van der Waals surface area contributed by atoms with E-state index in [1.807, 2.05) is 42.5 Å². The van der Waals surface area contributed by atoms with Gasteiger partial charge in [-0.3, -0.25) is 14.6 Å². The lowest BCUT2D eigenvalue weighted by molar-refractivity contribution is 0.0946. The van der Waals surface area contributed by atoms with Crippen molar-refractivity contribution in [2.24, 2.45) is 0 Å². The Hall–Kier alpha value is -3.22. The predicted molar refractivity (Wildman–Crippen MR) is 120 cm³/mol. The van der Waals surface area contributed by atoms with Crippen LogP contribution in [-0.4, -0.2) is 16.8 Å².